The lowest BCUT2D eigenvalue weighted by Crippen LogP contribution is -2.50. The number of tetrazole rings is 1. The number of nitrogens with one attached hydrogen (secondary N) is 2. The minimum absolute atomic E-state index is 0.118. The number of aromatic nitrogens is 4. The van der Waals surface area contributed by atoms with Crippen molar-refractivity contribution in [3.8, 4) is 11.4 Å². The van der Waals surface area contributed by atoms with Gasteiger partial charge in [0.05, 0.1) is 4.90 Å². The van der Waals surface area contributed by atoms with Crippen molar-refractivity contribution in [2.24, 2.45) is 0 Å². The number of rotatable bonds is 5. The Kier molecular flexibility index (Phi) is 5.68. The highest BCUT2D eigenvalue weighted by Gasteiger charge is 2.39. The van der Waals surface area contributed by atoms with Crippen LogP contribution < -0.4 is 5.32 Å². The Morgan fingerprint density at radius 3 is 2.53 bits per heavy atom. The molecule has 0 aliphatic carbocycles. The lowest BCUT2D eigenvalue weighted by atomic mass is 9.95. The highest BCUT2D eigenvalue weighted by molar-refractivity contribution is 7.89. The molecule has 0 fully saturated rings. The van der Waals surface area contributed by atoms with E-state index in [2.05, 4.69) is 25.9 Å². The maximum absolute atomic E-state index is 13.6. The first-order valence-electron chi connectivity index (χ1n) is 10.7. The van der Waals surface area contributed by atoms with Gasteiger partial charge in [-0.2, -0.15) is 9.52 Å². The smallest absolute Gasteiger partial charge is 0.244 e. The van der Waals surface area contributed by atoms with Crippen molar-refractivity contribution in [3.05, 3.63) is 89.5 Å². The SMILES string of the molecule is Cc1ccc(S(=O)(=O)N2Cc3ccccc3CC2C(=O)Nc2cccc(-c3nn[nH]n3)c2)cc1. The fourth-order valence-corrected chi connectivity index (χ4v) is 5.63. The zero-order chi connectivity index (χ0) is 23.7. The number of fused-ring (bicyclic) bond motifs is 1. The van der Waals surface area contributed by atoms with E-state index in [1.54, 1.807) is 48.5 Å². The molecule has 1 aromatic heterocycles. The van der Waals surface area contributed by atoms with Gasteiger partial charge in [0.2, 0.25) is 21.8 Å². The maximum atomic E-state index is 13.6. The molecule has 172 valence electrons. The Balaban J connectivity index is 1.48. The lowest BCUT2D eigenvalue weighted by Gasteiger charge is -2.35. The van der Waals surface area contributed by atoms with Crippen LogP contribution in [-0.4, -0.2) is 45.3 Å². The van der Waals surface area contributed by atoms with Crippen LogP contribution >= 0.6 is 0 Å². The van der Waals surface area contributed by atoms with Crippen LogP contribution in [0.5, 0.6) is 0 Å². The van der Waals surface area contributed by atoms with E-state index in [9.17, 15) is 13.2 Å². The van der Waals surface area contributed by atoms with Gasteiger partial charge in [-0.3, -0.25) is 4.79 Å². The van der Waals surface area contributed by atoms with Crippen molar-refractivity contribution in [2.45, 2.75) is 30.8 Å². The average Bonchev–Trinajstić information content (AvgIpc) is 3.39. The third-order valence-corrected chi connectivity index (χ3v) is 7.74. The van der Waals surface area contributed by atoms with Crippen LogP contribution in [0, 0.1) is 6.92 Å². The number of nitrogens with zero attached hydrogens (tertiary/aromatic N) is 4. The number of anilines is 1. The second-order valence-electron chi connectivity index (χ2n) is 8.16. The molecule has 0 saturated heterocycles. The molecule has 1 amide bonds. The third-order valence-electron chi connectivity index (χ3n) is 5.87. The summed E-state index contributed by atoms with van der Waals surface area (Å²) >= 11 is 0. The number of carbonyl (C=O) groups is 1. The molecule has 0 radical (unpaired) electrons. The third kappa shape index (κ3) is 4.20. The van der Waals surface area contributed by atoms with E-state index in [1.807, 2.05) is 31.2 Å². The number of amides is 1. The van der Waals surface area contributed by atoms with Crippen LogP contribution in [0.15, 0.2) is 77.7 Å². The number of hydrogen-bond acceptors (Lipinski definition) is 6. The van der Waals surface area contributed by atoms with Gasteiger partial charge in [-0.1, -0.05) is 54.1 Å². The molecule has 0 bridgehead atoms. The van der Waals surface area contributed by atoms with E-state index in [0.29, 0.717) is 17.1 Å². The molecular weight excluding hydrogens is 452 g/mol. The summed E-state index contributed by atoms with van der Waals surface area (Å²) in [6, 6.07) is 20.4. The van der Waals surface area contributed by atoms with E-state index in [-0.39, 0.29) is 17.9 Å². The standard InChI is InChI=1S/C24H22N6O3S/c1-16-9-11-21(12-10-16)34(32,33)30-15-19-6-3-2-5-17(19)14-22(30)24(31)25-20-8-4-7-18(13-20)23-26-28-29-27-23/h2-13,22H,14-15H2,1H3,(H,25,31)(H,26,27,28,29). The second-order valence-corrected chi connectivity index (χ2v) is 10.0. The van der Waals surface area contributed by atoms with Crippen LogP contribution in [0.3, 0.4) is 0 Å². The van der Waals surface area contributed by atoms with E-state index < -0.39 is 22.0 Å². The number of H-pyrrole nitrogens is 1. The minimum Gasteiger partial charge on any atom is -0.325 e. The number of sulfonamides is 1. The molecule has 1 unspecified atom stereocenters. The highest BCUT2D eigenvalue weighted by atomic mass is 32.2. The molecule has 5 rings (SSSR count). The van der Waals surface area contributed by atoms with Crippen LogP contribution in [-0.2, 0) is 27.8 Å². The first-order chi connectivity index (χ1) is 16.4. The molecule has 1 aliphatic rings. The lowest BCUT2D eigenvalue weighted by molar-refractivity contribution is -0.120. The average molecular weight is 475 g/mol. The molecule has 1 aliphatic heterocycles. The predicted molar refractivity (Wildman–Crippen MR) is 126 cm³/mol. The predicted octanol–water partition coefficient (Wildman–Crippen LogP) is 2.93. The number of carbonyl (C=O) groups excluding carboxylic acids is 1. The van der Waals surface area contributed by atoms with Gasteiger partial charge in [0.25, 0.3) is 0 Å². The summed E-state index contributed by atoms with van der Waals surface area (Å²) in [7, 11) is -3.91. The molecule has 0 spiro atoms. The van der Waals surface area contributed by atoms with Crippen molar-refractivity contribution >= 4 is 21.6 Å². The highest BCUT2D eigenvalue weighted by Crippen LogP contribution is 2.30. The van der Waals surface area contributed by atoms with E-state index in [0.717, 1.165) is 16.7 Å². The number of hydrogen-bond donors (Lipinski definition) is 2. The summed E-state index contributed by atoms with van der Waals surface area (Å²) in [6.07, 6.45) is 0.275. The van der Waals surface area contributed by atoms with Crippen LogP contribution in [0.4, 0.5) is 5.69 Å². The second kappa shape index (κ2) is 8.81. The zero-order valence-electron chi connectivity index (χ0n) is 18.3. The molecule has 10 heteroatoms. The molecule has 0 saturated carbocycles. The molecule has 2 heterocycles. The van der Waals surface area contributed by atoms with E-state index >= 15 is 0 Å². The molecule has 2 N–H and O–H groups in total. The Hall–Kier alpha value is -3.89. The number of aryl methyl sites for hydroxylation is 1. The summed E-state index contributed by atoms with van der Waals surface area (Å²) < 4.78 is 28.5. The molecule has 9 nitrogen and oxygen atoms in total. The van der Waals surface area contributed by atoms with E-state index in [4.69, 9.17) is 0 Å². The van der Waals surface area contributed by atoms with Gasteiger partial charge in [-0.25, -0.2) is 8.42 Å². The summed E-state index contributed by atoms with van der Waals surface area (Å²) in [5, 5.41) is 16.8. The fourth-order valence-electron chi connectivity index (χ4n) is 4.07. The Bertz CT molecular complexity index is 1440. The van der Waals surface area contributed by atoms with Gasteiger partial charge in [0.15, 0.2) is 0 Å². The first-order valence-corrected chi connectivity index (χ1v) is 12.2. The van der Waals surface area contributed by atoms with Gasteiger partial charge in [-0.15, -0.1) is 10.2 Å². The fraction of sp³-hybridized carbons (Fsp3) is 0.167. The molecule has 4 aromatic rings. The van der Waals surface area contributed by atoms with Gasteiger partial charge in [0, 0.05) is 17.8 Å². The summed E-state index contributed by atoms with van der Waals surface area (Å²) in [6.45, 7) is 2.01. The normalized spacial score (nSPS) is 16.1. The Labute approximate surface area is 196 Å². The number of benzene rings is 3. The zero-order valence-corrected chi connectivity index (χ0v) is 19.2. The molecule has 34 heavy (non-hydrogen) atoms. The largest absolute Gasteiger partial charge is 0.325 e. The van der Waals surface area contributed by atoms with Gasteiger partial charge < -0.3 is 5.32 Å². The maximum Gasteiger partial charge on any atom is 0.244 e. The van der Waals surface area contributed by atoms with Gasteiger partial charge in [-0.05, 0) is 54.0 Å². The molecule has 1 atom stereocenters. The quantitative estimate of drug-likeness (QED) is 0.459. The first kappa shape index (κ1) is 21.9. The molecular formula is C24H22N6O3S. The summed E-state index contributed by atoms with van der Waals surface area (Å²) in [5.41, 5.74) is 3.99. The van der Waals surface area contributed by atoms with Gasteiger partial charge >= 0.3 is 0 Å². The van der Waals surface area contributed by atoms with Crippen LogP contribution in [0.2, 0.25) is 0 Å². The number of aromatic amines is 1. The van der Waals surface area contributed by atoms with E-state index in [1.165, 1.54) is 4.31 Å². The summed E-state index contributed by atoms with van der Waals surface area (Å²) in [4.78, 5) is 13.6. The Morgan fingerprint density at radius 2 is 1.79 bits per heavy atom. The van der Waals surface area contributed by atoms with Crippen LogP contribution in [0.1, 0.15) is 16.7 Å². The van der Waals surface area contributed by atoms with Crippen molar-refractivity contribution in [3.63, 3.8) is 0 Å². The van der Waals surface area contributed by atoms with Crippen molar-refractivity contribution in [1.82, 2.24) is 24.9 Å². The summed E-state index contributed by atoms with van der Waals surface area (Å²) in [5.74, 6) is -0.0123. The monoisotopic (exact) mass is 474 g/mol. The van der Waals surface area contributed by atoms with Crippen LogP contribution in [0.25, 0.3) is 11.4 Å². The molecule has 3 aromatic carbocycles. The van der Waals surface area contributed by atoms with Crippen molar-refractivity contribution in [2.75, 3.05) is 5.32 Å². The van der Waals surface area contributed by atoms with Gasteiger partial charge in [0.1, 0.15) is 6.04 Å². The topological polar surface area (TPSA) is 121 Å². The minimum atomic E-state index is -3.91. The Morgan fingerprint density at radius 1 is 1.03 bits per heavy atom. The van der Waals surface area contributed by atoms with Crippen molar-refractivity contribution in [1.29, 1.82) is 0 Å². The van der Waals surface area contributed by atoms with Crippen molar-refractivity contribution < 1.29 is 13.2 Å².